The van der Waals surface area contributed by atoms with Gasteiger partial charge in [0.15, 0.2) is 0 Å². The van der Waals surface area contributed by atoms with Crippen LogP contribution < -0.4 is 10.2 Å². The summed E-state index contributed by atoms with van der Waals surface area (Å²) in [6, 6.07) is 4.73. The summed E-state index contributed by atoms with van der Waals surface area (Å²) in [4.78, 5) is 9.79. The Morgan fingerprint density at radius 2 is 1.53 bits per heavy atom. The highest BCUT2D eigenvalue weighted by atomic mass is 19.4. The van der Waals surface area contributed by atoms with Crippen molar-refractivity contribution in [3.05, 3.63) is 64.2 Å². The highest BCUT2D eigenvalue weighted by Crippen LogP contribution is 2.53. The van der Waals surface area contributed by atoms with Gasteiger partial charge in [0.05, 0.1) is 11.1 Å². The van der Waals surface area contributed by atoms with E-state index in [2.05, 4.69) is 5.32 Å². The van der Waals surface area contributed by atoms with Crippen LogP contribution in [0, 0.1) is 0 Å². The summed E-state index contributed by atoms with van der Waals surface area (Å²) in [5.74, 6) is 0. The lowest BCUT2D eigenvalue weighted by Crippen LogP contribution is -2.52. The number of hydrogen-bond acceptors (Lipinski definition) is 4. The third kappa shape index (κ3) is 5.35. The number of rotatable bonds is 3. The molecule has 3 atom stereocenters. The Bertz CT molecular complexity index is 1130. The van der Waals surface area contributed by atoms with Crippen LogP contribution in [0.4, 0.5) is 45.2 Å². The van der Waals surface area contributed by atoms with Crippen LogP contribution in [0.15, 0.2) is 36.4 Å². The Balaban J connectivity index is 0.00000127. The van der Waals surface area contributed by atoms with Crippen molar-refractivity contribution in [3.8, 4) is 0 Å². The molecule has 1 aliphatic carbocycles. The zero-order valence-electron chi connectivity index (χ0n) is 20.2. The number of alkyl halides is 9. The van der Waals surface area contributed by atoms with E-state index in [1.54, 1.807) is 19.2 Å². The number of nitrogens with zero attached hydrogens (tertiary/aromatic N) is 1. The number of benzene rings is 2. The van der Waals surface area contributed by atoms with E-state index in [9.17, 15) is 44.6 Å². The summed E-state index contributed by atoms with van der Waals surface area (Å²) in [5, 5.41) is 14.0. The van der Waals surface area contributed by atoms with Crippen molar-refractivity contribution >= 4 is 12.0 Å². The Morgan fingerprint density at radius 1 is 0.974 bits per heavy atom. The number of aliphatic hydroxyl groups is 1. The lowest BCUT2D eigenvalue weighted by atomic mass is 9.76. The minimum Gasteiger partial charge on any atom is -0.372 e. The Kier molecular flexibility index (Phi) is 8.14. The van der Waals surface area contributed by atoms with Gasteiger partial charge in [-0.25, -0.2) is 0 Å². The molecular weight excluding hydrogens is 531 g/mol. The van der Waals surface area contributed by atoms with E-state index in [0.717, 1.165) is 28.7 Å². The lowest BCUT2D eigenvalue weighted by Gasteiger charge is -2.38. The molecule has 0 amide bonds. The van der Waals surface area contributed by atoms with E-state index >= 15 is 0 Å². The van der Waals surface area contributed by atoms with E-state index < -0.39 is 59.8 Å². The Morgan fingerprint density at radius 3 is 2.00 bits per heavy atom. The van der Waals surface area contributed by atoms with Crippen LogP contribution in [0.2, 0.25) is 0 Å². The molecule has 1 aliphatic heterocycles. The molecule has 2 aliphatic rings. The lowest BCUT2D eigenvalue weighted by molar-refractivity contribution is -0.211. The highest BCUT2D eigenvalue weighted by molar-refractivity contribution is 5.56. The first-order valence-electron chi connectivity index (χ1n) is 11.5. The first-order chi connectivity index (χ1) is 17.5. The molecule has 0 aromatic heterocycles. The molecule has 0 spiro atoms. The van der Waals surface area contributed by atoms with Crippen LogP contribution in [0.1, 0.15) is 53.6 Å². The number of aldehydes is 1. The first kappa shape index (κ1) is 29.8. The normalized spacial score (nSPS) is 23.6. The molecule has 38 heavy (non-hydrogen) atoms. The second kappa shape index (κ2) is 10.4. The predicted molar refractivity (Wildman–Crippen MR) is 120 cm³/mol. The minimum atomic E-state index is -5.35. The number of anilines is 1. The monoisotopic (exact) mass is 556 g/mol. The van der Waals surface area contributed by atoms with Crippen molar-refractivity contribution in [3.63, 3.8) is 0 Å². The van der Waals surface area contributed by atoms with Crippen LogP contribution in [-0.4, -0.2) is 37.4 Å². The van der Waals surface area contributed by atoms with Crippen molar-refractivity contribution < 1.29 is 49.4 Å². The molecule has 210 valence electrons. The summed E-state index contributed by atoms with van der Waals surface area (Å²) in [5.41, 5.74) is -6.38. The van der Waals surface area contributed by atoms with Crippen LogP contribution in [0.3, 0.4) is 0 Å². The quantitative estimate of drug-likeness (QED) is 0.351. The number of aliphatic hydroxyl groups excluding tert-OH is 1. The Hall–Kier alpha value is -2.80. The van der Waals surface area contributed by atoms with Crippen LogP contribution in [0.5, 0.6) is 0 Å². The maximum atomic E-state index is 14.5. The van der Waals surface area contributed by atoms with Gasteiger partial charge in [-0.05, 0) is 80.3 Å². The van der Waals surface area contributed by atoms with Crippen molar-refractivity contribution in [2.75, 3.05) is 18.5 Å². The van der Waals surface area contributed by atoms with Gasteiger partial charge in [0, 0.05) is 18.3 Å². The SMILES string of the molecule is CC=O.CNC1CCc2cc(N3CCC(c4cc(C(F)(F)F)cc(C(F)(F)F)c4)(C(F)(F)F)C3O)ccc21. The van der Waals surface area contributed by atoms with Crippen molar-refractivity contribution in [1.82, 2.24) is 5.32 Å². The predicted octanol–water partition coefficient (Wildman–Crippen LogP) is 6.16. The zero-order valence-corrected chi connectivity index (χ0v) is 20.2. The standard InChI is InChI=1S/C23H21F9N2O.C2H4O/c1-33-18-5-2-12-8-16(3-4-17(12)18)34-7-6-20(19(34)35,23(30,31)32)13-9-14(21(24,25)26)11-15(10-13)22(27,28)29;1-2-3/h3-4,8-11,18-19,33,35H,2,5-7H2,1H3;2H,1H3. The Labute approximate surface area is 212 Å². The number of carbonyl (C=O) groups is 1. The molecule has 4 nitrogen and oxygen atoms in total. The average molecular weight is 556 g/mol. The number of fused-ring (bicyclic) bond motifs is 1. The van der Waals surface area contributed by atoms with Crippen LogP contribution in [0.25, 0.3) is 0 Å². The molecule has 0 radical (unpaired) electrons. The summed E-state index contributed by atoms with van der Waals surface area (Å²) >= 11 is 0. The summed E-state index contributed by atoms with van der Waals surface area (Å²) in [6.07, 6.45) is -17.2. The first-order valence-corrected chi connectivity index (χ1v) is 11.5. The van der Waals surface area contributed by atoms with E-state index in [1.807, 2.05) is 0 Å². The van der Waals surface area contributed by atoms with Crippen LogP contribution in [-0.2, 0) is 29.0 Å². The molecule has 0 bridgehead atoms. The van der Waals surface area contributed by atoms with Gasteiger partial charge < -0.3 is 20.1 Å². The fraction of sp³-hybridized carbons (Fsp3) is 0.480. The smallest absolute Gasteiger partial charge is 0.372 e. The number of halogens is 9. The third-order valence-electron chi connectivity index (χ3n) is 6.98. The molecule has 13 heteroatoms. The molecule has 0 saturated carbocycles. The summed E-state index contributed by atoms with van der Waals surface area (Å²) in [6.45, 7) is 1.02. The largest absolute Gasteiger partial charge is 0.416 e. The summed E-state index contributed by atoms with van der Waals surface area (Å²) in [7, 11) is 1.76. The maximum absolute atomic E-state index is 14.5. The van der Waals surface area contributed by atoms with Crippen molar-refractivity contribution in [2.24, 2.45) is 0 Å². The molecule has 2 aromatic rings. The van der Waals surface area contributed by atoms with Gasteiger partial charge in [0.1, 0.15) is 17.9 Å². The van der Waals surface area contributed by atoms with E-state index in [1.165, 1.54) is 13.0 Å². The van der Waals surface area contributed by atoms with Crippen molar-refractivity contribution in [2.45, 2.75) is 62.4 Å². The van der Waals surface area contributed by atoms with Crippen molar-refractivity contribution in [1.29, 1.82) is 0 Å². The second-order valence-electron chi connectivity index (χ2n) is 9.08. The van der Waals surface area contributed by atoms with Gasteiger partial charge in [-0.1, -0.05) is 6.07 Å². The maximum Gasteiger partial charge on any atom is 0.416 e. The fourth-order valence-electron chi connectivity index (χ4n) is 5.12. The van der Waals surface area contributed by atoms with Gasteiger partial charge in [-0.15, -0.1) is 0 Å². The molecule has 3 unspecified atom stereocenters. The number of aryl methyl sites for hydroxylation is 1. The second-order valence-corrected chi connectivity index (χ2v) is 9.08. The average Bonchev–Trinajstić information content (AvgIpc) is 3.38. The zero-order chi connectivity index (χ0) is 28.7. The molecule has 1 fully saturated rings. The van der Waals surface area contributed by atoms with Gasteiger partial charge in [-0.3, -0.25) is 0 Å². The molecular formula is C25H25F9N2O2. The molecule has 4 rings (SSSR count). The number of nitrogens with one attached hydrogen (secondary N) is 1. The molecule has 2 N–H and O–H groups in total. The summed E-state index contributed by atoms with van der Waals surface area (Å²) < 4.78 is 123. The topological polar surface area (TPSA) is 52.6 Å². The number of hydrogen-bond donors (Lipinski definition) is 2. The van der Waals surface area contributed by atoms with Gasteiger partial charge >= 0.3 is 18.5 Å². The molecule has 1 saturated heterocycles. The van der Waals surface area contributed by atoms with Gasteiger partial charge in [0.25, 0.3) is 0 Å². The highest BCUT2D eigenvalue weighted by Gasteiger charge is 2.65. The van der Waals surface area contributed by atoms with E-state index in [-0.39, 0.29) is 29.9 Å². The third-order valence-corrected chi connectivity index (χ3v) is 6.98. The molecule has 1 heterocycles. The minimum absolute atomic E-state index is 0.0512. The fourth-order valence-corrected chi connectivity index (χ4v) is 5.12. The van der Waals surface area contributed by atoms with E-state index in [4.69, 9.17) is 4.79 Å². The van der Waals surface area contributed by atoms with E-state index in [0.29, 0.717) is 6.42 Å². The van der Waals surface area contributed by atoms with Crippen LogP contribution >= 0.6 is 0 Å². The van der Waals surface area contributed by atoms with Gasteiger partial charge in [0.2, 0.25) is 0 Å². The number of carbonyl (C=O) groups excluding carboxylic acids is 1. The van der Waals surface area contributed by atoms with Gasteiger partial charge in [-0.2, -0.15) is 39.5 Å². The molecule has 2 aromatic carbocycles.